The highest BCUT2D eigenvalue weighted by Crippen LogP contribution is 2.16. The molecule has 0 atom stereocenters. The quantitative estimate of drug-likeness (QED) is 0.646. The van der Waals surface area contributed by atoms with Crippen LogP contribution in [0.2, 0.25) is 0 Å². The first kappa shape index (κ1) is 7.65. The van der Waals surface area contributed by atoms with Crippen molar-refractivity contribution in [2.75, 3.05) is 12.3 Å². The van der Waals surface area contributed by atoms with E-state index in [1.165, 1.54) is 0 Å². The molecule has 1 aromatic heterocycles. The number of rotatable bonds is 3. The molecule has 4 heteroatoms. The molecule has 4 nitrogen and oxygen atoms in total. The van der Waals surface area contributed by atoms with E-state index in [1.54, 1.807) is 24.0 Å². The summed E-state index contributed by atoms with van der Waals surface area (Å²) in [5.41, 5.74) is 6.09. The molecule has 0 unspecified atom stereocenters. The lowest BCUT2D eigenvalue weighted by Gasteiger charge is -1.97. The second-order valence-corrected chi connectivity index (χ2v) is 2.16. The van der Waals surface area contributed by atoms with Gasteiger partial charge in [-0.2, -0.15) is 0 Å². The van der Waals surface area contributed by atoms with Crippen LogP contribution in [0.5, 0.6) is 5.88 Å². The molecule has 2 N–H and O–H groups in total. The number of nitrogen functional groups attached to an aromatic ring is 1. The smallest absolute Gasteiger partial charge is 0.256 e. The minimum Gasteiger partial charge on any atom is -0.471 e. The van der Waals surface area contributed by atoms with E-state index in [9.17, 15) is 0 Å². The molecule has 1 aromatic rings. The molecule has 1 heterocycles. The van der Waals surface area contributed by atoms with Crippen LogP contribution in [0.25, 0.3) is 0 Å². The molecule has 60 valence electrons. The summed E-state index contributed by atoms with van der Waals surface area (Å²) in [5.74, 6) is 0.465. The van der Waals surface area contributed by atoms with Gasteiger partial charge in [-0.05, 0) is 0 Å². The highest BCUT2D eigenvalue weighted by atomic mass is 16.5. The van der Waals surface area contributed by atoms with Crippen LogP contribution in [0.1, 0.15) is 0 Å². The Morgan fingerprint density at radius 1 is 1.91 bits per heavy atom. The largest absolute Gasteiger partial charge is 0.471 e. The number of anilines is 1. The van der Waals surface area contributed by atoms with Crippen LogP contribution >= 0.6 is 0 Å². The fourth-order valence-electron chi connectivity index (χ4n) is 0.736. The standard InChI is InChI=1S/C7H11N3O/c1-3-4-11-7-6(8)5-10(2)9-7/h3,5H,1,4,8H2,2H3. The molecule has 0 amide bonds. The maximum atomic E-state index is 5.54. The Hall–Kier alpha value is -1.45. The minimum atomic E-state index is 0.432. The summed E-state index contributed by atoms with van der Waals surface area (Å²) in [6.07, 6.45) is 3.34. The molecule has 11 heavy (non-hydrogen) atoms. The Balaban J connectivity index is 2.69. The molecule has 0 spiro atoms. The van der Waals surface area contributed by atoms with Crippen molar-refractivity contribution in [2.24, 2.45) is 7.05 Å². The lowest BCUT2D eigenvalue weighted by molar-refractivity contribution is 0.346. The van der Waals surface area contributed by atoms with E-state index in [4.69, 9.17) is 10.5 Å². The Kier molecular flexibility index (Phi) is 2.15. The SMILES string of the molecule is C=CCOc1nn(C)cc1N. The number of aromatic nitrogens is 2. The predicted octanol–water partition coefficient (Wildman–Crippen LogP) is 0.567. The van der Waals surface area contributed by atoms with Gasteiger partial charge in [-0.25, -0.2) is 0 Å². The van der Waals surface area contributed by atoms with E-state index in [0.29, 0.717) is 18.2 Å². The third-order valence-corrected chi connectivity index (χ3v) is 1.16. The Labute approximate surface area is 65.3 Å². The number of hydrogen-bond acceptors (Lipinski definition) is 3. The van der Waals surface area contributed by atoms with Crippen LogP contribution in [0.3, 0.4) is 0 Å². The highest BCUT2D eigenvalue weighted by molar-refractivity contribution is 5.45. The van der Waals surface area contributed by atoms with Gasteiger partial charge in [-0.3, -0.25) is 4.68 Å². The molecule has 0 bridgehead atoms. The van der Waals surface area contributed by atoms with Gasteiger partial charge in [-0.15, -0.1) is 5.10 Å². The minimum absolute atomic E-state index is 0.432. The Bertz CT molecular complexity index is 254. The van der Waals surface area contributed by atoms with Crippen molar-refractivity contribution >= 4 is 5.69 Å². The van der Waals surface area contributed by atoms with E-state index in [-0.39, 0.29) is 0 Å². The van der Waals surface area contributed by atoms with Gasteiger partial charge in [0, 0.05) is 7.05 Å². The van der Waals surface area contributed by atoms with Gasteiger partial charge in [0.25, 0.3) is 5.88 Å². The normalized spacial score (nSPS) is 9.55. The maximum Gasteiger partial charge on any atom is 0.256 e. The number of aryl methyl sites for hydroxylation is 1. The molecule has 1 rings (SSSR count). The van der Waals surface area contributed by atoms with Crippen molar-refractivity contribution in [3.63, 3.8) is 0 Å². The van der Waals surface area contributed by atoms with Crippen molar-refractivity contribution in [3.8, 4) is 5.88 Å². The molecular weight excluding hydrogens is 142 g/mol. The topological polar surface area (TPSA) is 53.1 Å². The monoisotopic (exact) mass is 153 g/mol. The van der Waals surface area contributed by atoms with Crippen molar-refractivity contribution < 1.29 is 4.74 Å². The number of hydrogen-bond donors (Lipinski definition) is 1. The highest BCUT2D eigenvalue weighted by Gasteiger charge is 2.02. The molecule has 0 aromatic carbocycles. The van der Waals surface area contributed by atoms with Crippen LogP contribution in [0.15, 0.2) is 18.9 Å². The molecule has 0 fully saturated rings. The lowest BCUT2D eigenvalue weighted by atomic mass is 10.6. The first-order valence-electron chi connectivity index (χ1n) is 3.27. The summed E-state index contributed by atoms with van der Waals surface area (Å²) in [6.45, 7) is 3.94. The summed E-state index contributed by atoms with van der Waals surface area (Å²) in [7, 11) is 1.79. The predicted molar refractivity (Wildman–Crippen MR) is 43.3 cm³/mol. The van der Waals surface area contributed by atoms with Gasteiger partial charge < -0.3 is 10.5 Å². The van der Waals surface area contributed by atoms with Crippen molar-refractivity contribution in [1.82, 2.24) is 9.78 Å². The van der Waals surface area contributed by atoms with Gasteiger partial charge in [0.1, 0.15) is 12.3 Å². The Morgan fingerprint density at radius 2 is 2.64 bits per heavy atom. The second kappa shape index (κ2) is 3.09. The number of nitrogens with zero attached hydrogens (tertiary/aromatic N) is 2. The van der Waals surface area contributed by atoms with Crippen LogP contribution in [0, 0.1) is 0 Å². The third-order valence-electron chi connectivity index (χ3n) is 1.16. The van der Waals surface area contributed by atoms with Gasteiger partial charge >= 0.3 is 0 Å². The average molecular weight is 153 g/mol. The number of nitrogens with two attached hydrogens (primary N) is 1. The van der Waals surface area contributed by atoms with Gasteiger partial charge in [0.2, 0.25) is 0 Å². The third kappa shape index (κ3) is 1.73. The fraction of sp³-hybridized carbons (Fsp3) is 0.286. The van der Waals surface area contributed by atoms with E-state index in [0.717, 1.165) is 0 Å². The van der Waals surface area contributed by atoms with Crippen LogP contribution < -0.4 is 10.5 Å². The zero-order chi connectivity index (χ0) is 8.27. The van der Waals surface area contributed by atoms with E-state index in [1.807, 2.05) is 0 Å². The molecule has 0 aliphatic carbocycles. The summed E-state index contributed by atoms with van der Waals surface area (Å²) >= 11 is 0. The first-order chi connectivity index (χ1) is 5.24. The van der Waals surface area contributed by atoms with E-state index >= 15 is 0 Å². The van der Waals surface area contributed by atoms with Crippen LogP contribution in [0.4, 0.5) is 5.69 Å². The van der Waals surface area contributed by atoms with E-state index < -0.39 is 0 Å². The maximum absolute atomic E-state index is 5.54. The zero-order valence-electron chi connectivity index (χ0n) is 6.45. The van der Waals surface area contributed by atoms with Crippen LogP contribution in [-0.4, -0.2) is 16.4 Å². The van der Waals surface area contributed by atoms with Gasteiger partial charge in [0.15, 0.2) is 0 Å². The van der Waals surface area contributed by atoms with Gasteiger partial charge in [0.05, 0.1) is 6.20 Å². The number of ether oxygens (including phenoxy) is 1. The first-order valence-corrected chi connectivity index (χ1v) is 3.27. The van der Waals surface area contributed by atoms with Gasteiger partial charge in [-0.1, -0.05) is 12.7 Å². The molecule has 0 aliphatic rings. The molecule has 0 saturated heterocycles. The summed E-state index contributed by atoms with van der Waals surface area (Å²) in [6, 6.07) is 0. The molecular formula is C7H11N3O. The summed E-state index contributed by atoms with van der Waals surface area (Å²) < 4.78 is 6.74. The molecule has 0 aliphatic heterocycles. The van der Waals surface area contributed by atoms with Crippen molar-refractivity contribution in [2.45, 2.75) is 0 Å². The fourth-order valence-corrected chi connectivity index (χ4v) is 0.736. The summed E-state index contributed by atoms with van der Waals surface area (Å²) in [4.78, 5) is 0. The van der Waals surface area contributed by atoms with Crippen molar-refractivity contribution in [1.29, 1.82) is 0 Å². The average Bonchev–Trinajstić information content (AvgIpc) is 2.26. The second-order valence-electron chi connectivity index (χ2n) is 2.16. The van der Waals surface area contributed by atoms with Crippen molar-refractivity contribution in [3.05, 3.63) is 18.9 Å². The summed E-state index contributed by atoms with van der Waals surface area (Å²) in [5, 5.41) is 3.97. The zero-order valence-corrected chi connectivity index (χ0v) is 6.45. The molecule has 0 radical (unpaired) electrons. The Morgan fingerprint density at radius 3 is 3.09 bits per heavy atom. The van der Waals surface area contributed by atoms with E-state index in [2.05, 4.69) is 11.7 Å². The molecule has 0 saturated carbocycles. The van der Waals surface area contributed by atoms with Crippen LogP contribution in [-0.2, 0) is 7.05 Å². The lowest BCUT2D eigenvalue weighted by Crippen LogP contribution is -1.96.